The van der Waals surface area contributed by atoms with E-state index in [4.69, 9.17) is 64.6 Å². The van der Waals surface area contributed by atoms with Crippen LogP contribution in [0.4, 0.5) is 0 Å². The van der Waals surface area contributed by atoms with E-state index in [-0.39, 0.29) is 95.0 Å². The maximum absolute atomic E-state index is 12.4. The summed E-state index contributed by atoms with van der Waals surface area (Å²) in [6, 6.07) is 87.3. The summed E-state index contributed by atoms with van der Waals surface area (Å²) in [6.07, 6.45) is 8.10. The van der Waals surface area contributed by atoms with Crippen LogP contribution < -0.4 is 4.98 Å². The molecule has 22 rings (SSSR count). The number of phenols is 4. The smallest absolute Gasteiger partial charge is 0.300 e. The van der Waals surface area contributed by atoms with Gasteiger partial charge in [0.25, 0.3) is 17.9 Å². The summed E-state index contributed by atoms with van der Waals surface area (Å²) in [5.41, 5.74) is 18.2. The number of pyridine rings is 4. The molecule has 10 heterocycles. The zero-order valence-corrected chi connectivity index (χ0v) is 81.2. The Labute approximate surface area is 820 Å². The van der Waals surface area contributed by atoms with Crippen LogP contribution in [0.15, 0.2) is 255 Å². The van der Waals surface area contributed by atoms with Gasteiger partial charge in [-0.2, -0.15) is 0 Å². The third-order valence-electron chi connectivity index (χ3n) is 24.9. The Morgan fingerprint density at radius 3 is 0.847 bits per heavy atom. The molecule has 21 heteroatoms. The van der Waals surface area contributed by atoms with E-state index in [1.54, 1.807) is 0 Å². The number of carbonyl (C=O) groups is 3. The molecule has 0 spiro atoms. The largest absolute Gasteiger partial charge is 0.657 e. The SMILES string of the molecule is CC(=O)O.CC(=O)O.CC(=O)O.CC(C)(C)c1cc2c3nc(c(-c4c5ccccc5cc5ccccc45)c4ccc([n-]4)c4cc(C(C)(C)C)cc(c4O)c4ccc5ccc6ccc(nc6c5n4)c(c1)c2O)C=C3.CC(C)(C)c1cc2c3nc(c(-c4c5ccccc5cc5ccccc45)c4ccc([nH]4)c4cc(C(C)(C)C)cc(c4O)c4ccc5ccc6ccc(nc6c5n4)c(c1)c2O)C=C3.[Co].[Co].[Co]. The second-order valence-corrected chi connectivity index (χ2v) is 38.5. The molecule has 20 aromatic rings. The minimum Gasteiger partial charge on any atom is -0.657 e. The Balaban J connectivity index is 0.000000183. The second kappa shape index (κ2) is 37.5. The van der Waals surface area contributed by atoms with Crippen molar-refractivity contribution in [1.82, 2.24) is 39.9 Å². The van der Waals surface area contributed by atoms with Crippen LogP contribution in [0, 0.1) is 0 Å². The fourth-order valence-corrected chi connectivity index (χ4v) is 18.0. The number of rotatable bonds is 2. The summed E-state index contributed by atoms with van der Waals surface area (Å²) in [4.78, 5) is 68.1. The third kappa shape index (κ3) is 18.8. The molecule has 0 fully saturated rings. The minimum absolute atomic E-state index is 0. The topological polar surface area (TPSA) is 300 Å². The van der Waals surface area contributed by atoms with Crippen LogP contribution in [-0.2, 0) is 86.4 Å². The van der Waals surface area contributed by atoms with Crippen LogP contribution in [0.25, 0.3) is 220 Å². The van der Waals surface area contributed by atoms with E-state index in [2.05, 4.69) is 282 Å². The molecular weight excluding hydrogens is 1840 g/mol. The number of benzene rings is 12. The first-order valence-corrected chi connectivity index (χ1v) is 44.5. The number of aromatic hydroxyl groups is 4. The second-order valence-electron chi connectivity index (χ2n) is 38.5. The molecule has 2 aliphatic rings. The number of fused-ring (bicyclic) bond motifs is 32. The van der Waals surface area contributed by atoms with Crippen molar-refractivity contribution in [3.63, 3.8) is 0 Å². The van der Waals surface area contributed by atoms with E-state index in [1.165, 1.54) is 0 Å². The van der Waals surface area contributed by atoms with Gasteiger partial charge in [-0.3, -0.25) is 14.4 Å². The molecular formula is C116H99Co3N8O10-. The Bertz CT molecular complexity index is 8140. The summed E-state index contributed by atoms with van der Waals surface area (Å²) in [7, 11) is 0. The van der Waals surface area contributed by atoms with Gasteiger partial charge in [0.05, 0.1) is 66.9 Å². The summed E-state index contributed by atoms with van der Waals surface area (Å²) in [6.45, 7) is 29.4. The first kappa shape index (κ1) is 96.9. The number of carboxylic acids is 3. The van der Waals surface area contributed by atoms with Gasteiger partial charge in [-0.05, 0) is 219 Å². The number of aliphatic carboxylic acids is 3. The maximum Gasteiger partial charge on any atom is 0.300 e. The fourth-order valence-electron chi connectivity index (χ4n) is 18.0. The van der Waals surface area contributed by atoms with E-state index in [1.807, 2.05) is 85.0 Å². The predicted octanol–water partition coefficient (Wildman–Crippen LogP) is 28.4. The molecule has 0 unspecified atom stereocenters. The standard InChI is InChI=1S/C55H44N4O2.C55H43N4O2.3C2H4O2.3Co/c2*1-54(2,3)34-26-38-42-21-23-46(56-42)49(48-36-13-9-7-11-32(36)25-33-12-8-10-14-37(33)48)47-24-22-43(57-47)39-27-35(55(4,5)6)29-41(53(39)61)45-20-18-31-16-15-30-17-19-44(40(28-34)52(38)60)58-50(30)51(31)59-45;3*1-2(3)4;;;/h7-29,56,60-61H,1-6H3;7-29H,1-6H3,(H2-,56,57,58,59,60,61);3*1H3,(H,3,4);;;/q;-1;;;;;;. The van der Waals surface area contributed by atoms with Crippen LogP contribution >= 0.6 is 0 Å². The number of hydrogen-bond donors (Lipinski definition) is 8. The zero-order chi connectivity index (χ0) is 94.6. The molecule has 0 saturated heterocycles. The van der Waals surface area contributed by atoms with E-state index >= 15 is 0 Å². The molecule has 691 valence electrons. The van der Waals surface area contributed by atoms with Gasteiger partial charge >= 0.3 is 0 Å². The fraction of sp³-hybridized carbons (Fsp3) is 0.164. The van der Waals surface area contributed by atoms with E-state index < -0.39 is 17.9 Å². The van der Waals surface area contributed by atoms with Crippen molar-refractivity contribution in [2.45, 2.75) is 126 Å². The van der Waals surface area contributed by atoms with E-state index in [0.29, 0.717) is 98.6 Å². The molecule has 8 N–H and O–H groups in total. The van der Waals surface area contributed by atoms with Crippen molar-refractivity contribution in [1.29, 1.82) is 0 Å². The summed E-state index contributed by atoms with van der Waals surface area (Å²) in [5.74, 6) is -2.02. The normalized spacial score (nSPS) is 12.0. The van der Waals surface area contributed by atoms with Crippen molar-refractivity contribution in [3.8, 4) is 45.3 Å². The van der Waals surface area contributed by atoms with Gasteiger partial charge in [0.15, 0.2) is 0 Å². The van der Waals surface area contributed by atoms with Gasteiger partial charge in [0.2, 0.25) is 0 Å². The van der Waals surface area contributed by atoms with Crippen LogP contribution in [0.5, 0.6) is 23.0 Å². The predicted molar refractivity (Wildman–Crippen MR) is 550 cm³/mol. The quantitative estimate of drug-likeness (QED) is 0.0589. The molecule has 24 bridgehead atoms. The van der Waals surface area contributed by atoms with E-state index in [9.17, 15) is 20.4 Å². The van der Waals surface area contributed by atoms with Gasteiger partial charge in [0.1, 0.15) is 23.0 Å². The first-order chi connectivity index (χ1) is 63.8. The molecule has 0 amide bonds. The van der Waals surface area contributed by atoms with Crippen molar-refractivity contribution < 1.29 is 100 Å². The number of aromatic amines is 1. The van der Waals surface area contributed by atoms with Crippen molar-refractivity contribution in [2.75, 3.05) is 0 Å². The molecule has 3 radical (unpaired) electrons. The summed E-state index contributed by atoms with van der Waals surface area (Å²) in [5, 5.41) is 89.4. The van der Waals surface area contributed by atoms with Gasteiger partial charge in [-0.25, -0.2) is 29.9 Å². The Kier molecular flexibility index (Phi) is 26.5. The van der Waals surface area contributed by atoms with Gasteiger partial charge in [0, 0.05) is 158 Å². The van der Waals surface area contributed by atoms with Crippen molar-refractivity contribution in [3.05, 3.63) is 300 Å². The number of nitrogens with one attached hydrogen (secondary N) is 1. The van der Waals surface area contributed by atoms with Crippen LogP contribution in [0.2, 0.25) is 0 Å². The number of nitrogens with zero attached hydrogens (tertiary/aromatic N) is 7. The average Bonchev–Trinajstić information content (AvgIpc) is 1.52. The van der Waals surface area contributed by atoms with Crippen molar-refractivity contribution >= 4 is 216 Å². The Hall–Kier alpha value is -14.7. The number of hydrogen-bond acceptors (Lipinski definition) is 13. The maximum atomic E-state index is 12.4. The van der Waals surface area contributed by atoms with Gasteiger partial charge in [-0.1, -0.05) is 241 Å². The van der Waals surface area contributed by atoms with Crippen LogP contribution in [0.1, 0.15) is 149 Å². The monoisotopic (exact) mass is 1940 g/mol. The average molecular weight is 1940 g/mol. The molecule has 8 aromatic heterocycles. The molecule has 0 atom stereocenters. The Morgan fingerprint density at radius 1 is 0.255 bits per heavy atom. The summed E-state index contributed by atoms with van der Waals surface area (Å²) < 4.78 is 0. The number of carboxylic acid groups (broad SMARTS) is 3. The molecule has 137 heavy (non-hydrogen) atoms. The number of aromatic nitrogens is 8. The first-order valence-electron chi connectivity index (χ1n) is 44.5. The third-order valence-corrected chi connectivity index (χ3v) is 24.9. The van der Waals surface area contributed by atoms with Gasteiger partial charge < -0.3 is 45.7 Å². The molecule has 0 aliphatic carbocycles. The summed E-state index contributed by atoms with van der Waals surface area (Å²) >= 11 is 0. The molecule has 18 nitrogen and oxygen atoms in total. The Morgan fingerprint density at radius 2 is 0.511 bits per heavy atom. The van der Waals surface area contributed by atoms with E-state index in [0.717, 1.165) is 163 Å². The zero-order valence-electron chi connectivity index (χ0n) is 78.0. The number of H-pyrrole nitrogens is 1. The van der Waals surface area contributed by atoms with Gasteiger partial charge in [-0.15, -0.1) is 11.0 Å². The number of phenolic OH excluding ortho intramolecular Hbond substituents is 4. The van der Waals surface area contributed by atoms with Crippen LogP contribution in [-0.4, -0.2) is 88.5 Å². The van der Waals surface area contributed by atoms with Crippen LogP contribution in [0.3, 0.4) is 0 Å². The molecule has 0 saturated carbocycles. The molecule has 2 aliphatic heterocycles. The molecule has 12 aromatic carbocycles. The van der Waals surface area contributed by atoms with Crippen molar-refractivity contribution in [2.24, 2.45) is 0 Å². The minimum atomic E-state index is -0.833.